The fourth-order valence-corrected chi connectivity index (χ4v) is 3.95. The van der Waals surface area contributed by atoms with E-state index < -0.39 is 35.8 Å². The van der Waals surface area contributed by atoms with Gasteiger partial charge in [-0.05, 0) is 25.5 Å². The molecule has 1 aromatic heterocycles. The lowest BCUT2D eigenvalue weighted by atomic mass is 10.0. The summed E-state index contributed by atoms with van der Waals surface area (Å²) in [7, 11) is 0. The highest BCUT2D eigenvalue weighted by molar-refractivity contribution is 6.24. The van der Waals surface area contributed by atoms with Crippen molar-refractivity contribution in [3.63, 3.8) is 0 Å². The Morgan fingerprint density at radius 2 is 1.97 bits per heavy atom. The van der Waals surface area contributed by atoms with Crippen LogP contribution in [-0.2, 0) is 9.59 Å². The third-order valence-electron chi connectivity index (χ3n) is 5.81. The van der Waals surface area contributed by atoms with Crippen molar-refractivity contribution in [3.8, 4) is 5.75 Å². The number of piperidine rings is 1. The zero-order chi connectivity index (χ0) is 21.7. The topological polar surface area (TPSA) is 136 Å². The van der Waals surface area contributed by atoms with Crippen molar-refractivity contribution in [2.45, 2.75) is 38.0 Å². The second kappa shape index (κ2) is 7.27. The van der Waals surface area contributed by atoms with Crippen LogP contribution in [0.15, 0.2) is 24.4 Å². The summed E-state index contributed by atoms with van der Waals surface area (Å²) in [6, 6.07) is 3.99. The van der Waals surface area contributed by atoms with E-state index in [4.69, 9.17) is 4.74 Å². The van der Waals surface area contributed by atoms with Crippen LogP contribution in [0, 0.1) is 0 Å². The molecule has 11 heteroatoms. The number of fused-ring (bicyclic) bond motifs is 1. The molecule has 160 valence electrons. The van der Waals surface area contributed by atoms with Crippen LogP contribution in [0.25, 0.3) is 0 Å². The zero-order valence-corrected chi connectivity index (χ0v) is 16.7. The highest BCUT2D eigenvalue weighted by Gasteiger charge is 2.46. The lowest BCUT2D eigenvalue weighted by Gasteiger charge is -2.27. The molecule has 0 spiro atoms. The number of rotatable bonds is 5. The van der Waals surface area contributed by atoms with Gasteiger partial charge in [-0.15, -0.1) is 5.10 Å². The van der Waals surface area contributed by atoms with Crippen molar-refractivity contribution in [2.24, 2.45) is 0 Å². The highest BCUT2D eigenvalue weighted by atomic mass is 16.5. The van der Waals surface area contributed by atoms with Crippen molar-refractivity contribution < 1.29 is 23.9 Å². The van der Waals surface area contributed by atoms with E-state index in [9.17, 15) is 19.2 Å². The standard InChI is InChI=1S/C20H20N6O5/c1-10(13-9-25(24-23-13)11-7-21-8-11)31-15-4-2-3-12-17(15)20(30)26(19(12)29)14-5-6-16(27)22-18(14)28/h2-4,9-11,14,21H,5-8H2,1H3,(H,22,27,28). The molecular formula is C20H20N6O5. The van der Waals surface area contributed by atoms with Gasteiger partial charge < -0.3 is 10.1 Å². The predicted molar refractivity (Wildman–Crippen MR) is 104 cm³/mol. The number of amides is 4. The van der Waals surface area contributed by atoms with Crippen molar-refractivity contribution in [1.29, 1.82) is 0 Å². The van der Waals surface area contributed by atoms with Gasteiger partial charge in [-0.3, -0.25) is 29.4 Å². The first kappa shape index (κ1) is 19.4. The Kier molecular flexibility index (Phi) is 4.54. The first-order valence-corrected chi connectivity index (χ1v) is 10.1. The molecule has 1 aromatic carbocycles. The summed E-state index contributed by atoms with van der Waals surface area (Å²) in [6.45, 7) is 3.44. The van der Waals surface area contributed by atoms with Gasteiger partial charge in [0.05, 0.1) is 23.4 Å². The minimum absolute atomic E-state index is 0.0658. The summed E-state index contributed by atoms with van der Waals surface area (Å²) in [6.07, 6.45) is 1.46. The number of hydrogen-bond acceptors (Lipinski definition) is 8. The molecular weight excluding hydrogens is 404 g/mol. The molecule has 4 heterocycles. The van der Waals surface area contributed by atoms with E-state index in [2.05, 4.69) is 20.9 Å². The molecule has 5 rings (SSSR count). The second-order valence-electron chi connectivity index (χ2n) is 7.82. The van der Waals surface area contributed by atoms with Crippen molar-refractivity contribution >= 4 is 23.6 Å². The van der Waals surface area contributed by atoms with Gasteiger partial charge in [-0.1, -0.05) is 11.3 Å². The summed E-state index contributed by atoms with van der Waals surface area (Å²) in [5.74, 6) is -2.01. The van der Waals surface area contributed by atoms with E-state index >= 15 is 0 Å². The molecule has 0 aliphatic carbocycles. The van der Waals surface area contributed by atoms with Gasteiger partial charge in [0.1, 0.15) is 23.6 Å². The van der Waals surface area contributed by atoms with Gasteiger partial charge >= 0.3 is 0 Å². The van der Waals surface area contributed by atoms with Crippen molar-refractivity contribution in [2.75, 3.05) is 13.1 Å². The molecule has 0 saturated carbocycles. The normalized spacial score (nSPS) is 22.2. The van der Waals surface area contributed by atoms with Crippen LogP contribution in [0.1, 0.15) is 58.3 Å². The van der Waals surface area contributed by atoms with Gasteiger partial charge in [0.15, 0.2) is 0 Å². The van der Waals surface area contributed by atoms with Gasteiger partial charge in [0, 0.05) is 19.5 Å². The number of nitrogens with one attached hydrogen (secondary N) is 2. The fraction of sp³-hybridized carbons (Fsp3) is 0.400. The molecule has 11 nitrogen and oxygen atoms in total. The monoisotopic (exact) mass is 424 g/mol. The number of nitrogens with zero attached hydrogens (tertiary/aromatic N) is 4. The summed E-state index contributed by atoms with van der Waals surface area (Å²) in [5, 5.41) is 13.7. The number of carbonyl (C=O) groups is 4. The van der Waals surface area contributed by atoms with Crippen LogP contribution in [0.4, 0.5) is 0 Å². The predicted octanol–water partition coefficient (Wildman–Crippen LogP) is -0.0364. The maximum atomic E-state index is 13.1. The lowest BCUT2D eigenvalue weighted by Crippen LogP contribution is -2.54. The minimum atomic E-state index is -1.02. The van der Waals surface area contributed by atoms with E-state index in [1.54, 1.807) is 23.7 Å². The molecule has 0 bridgehead atoms. The second-order valence-corrected chi connectivity index (χ2v) is 7.82. The average molecular weight is 424 g/mol. The number of imide groups is 2. The summed E-state index contributed by atoms with van der Waals surface area (Å²) in [5.41, 5.74) is 0.881. The smallest absolute Gasteiger partial charge is 0.266 e. The molecule has 2 unspecified atom stereocenters. The third kappa shape index (κ3) is 3.17. The van der Waals surface area contributed by atoms with Gasteiger partial charge in [-0.2, -0.15) is 0 Å². The van der Waals surface area contributed by atoms with Crippen molar-refractivity contribution in [3.05, 3.63) is 41.2 Å². The Morgan fingerprint density at radius 3 is 2.68 bits per heavy atom. The number of hydrogen-bond donors (Lipinski definition) is 2. The van der Waals surface area contributed by atoms with E-state index in [0.29, 0.717) is 5.69 Å². The first-order valence-electron chi connectivity index (χ1n) is 10.1. The Morgan fingerprint density at radius 1 is 1.16 bits per heavy atom. The Balaban J connectivity index is 1.39. The van der Waals surface area contributed by atoms with E-state index in [1.165, 1.54) is 6.07 Å². The Labute approximate surface area is 176 Å². The Hall–Kier alpha value is -3.60. The maximum Gasteiger partial charge on any atom is 0.266 e. The fourth-order valence-electron chi connectivity index (χ4n) is 3.95. The van der Waals surface area contributed by atoms with Gasteiger partial charge in [0.2, 0.25) is 11.8 Å². The highest BCUT2D eigenvalue weighted by Crippen LogP contribution is 2.35. The van der Waals surface area contributed by atoms with Crippen LogP contribution in [-0.4, -0.2) is 62.7 Å². The number of aromatic nitrogens is 3. The first-order chi connectivity index (χ1) is 14.9. The SMILES string of the molecule is CC(Oc1cccc2c1C(=O)N(C1CCC(=O)NC1=O)C2=O)c1cn(C2CNC2)nn1. The molecule has 4 amide bonds. The summed E-state index contributed by atoms with van der Waals surface area (Å²) < 4.78 is 7.78. The summed E-state index contributed by atoms with van der Waals surface area (Å²) >= 11 is 0. The minimum Gasteiger partial charge on any atom is -0.483 e. The average Bonchev–Trinajstić information content (AvgIpc) is 3.26. The van der Waals surface area contributed by atoms with Crippen molar-refractivity contribution in [1.82, 2.24) is 30.5 Å². The molecule has 2 saturated heterocycles. The quantitative estimate of drug-likeness (QED) is 0.639. The molecule has 31 heavy (non-hydrogen) atoms. The largest absolute Gasteiger partial charge is 0.483 e. The maximum absolute atomic E-state index is 13.1. The lowest BCUT2D eigenvalue weighted by molar-refractivity contribution is -0.136. The number of carbonyl (C=O) groups excluding carboxylic acids is 4. The molecule has 2 aromatic rings. The number of ether oxygens (including phenoxy) is 1. The van der Waals surface area contributed by atoms with Crippen LogP contribution in [0.3, 0.4) is 0 Å². The van der Waals surface area contributed by atoms with E-state index in [0.717, 1.165) is 18.0 Å². The van der Waals surface area contributed by atoms with E-state index in [-0.39, 0.29) is 35.8 Å². The molecule has 2 N–H and O–H groups in total. The Bertz CT molecular complexity index is 1110. The van der Waals surface area contributed by atoms with Crippen LogP contribution >= 0.6 is 0 Å². The molecule has 2 atom stereocenters. The van der Waals surface area contributed by atoms with Crippen LogP contribution in [0.5, 0.6) is 5.75 Å². The molecule has 3 aliphatic rings. The summed E-state index contributed by atoms with van der Waals surface area (Å²) in [4.78, 5) is 50.6. The molecule has 3 aliphatic heterocycles. The zero-order valence-electron chi connectivity index (χ0n) is 16.7. The van der Waals surface area contributed by atoms with E-state index in [1.807, 2.05) is 6.20 Å². The third-order valence-corrected chi connectivity index (χ3v) is 5.81. The van der Waals surface area contributed by atoms with Crippen LogP contribution < -0.4 is 15.4 Å². The number of benzene rings is 1. The molecule has 0 radical (unpaired) electrons. The van der Waals surface area contributed by atoms with Gasteiger partial charge in [-0.25, -0.2) is 4.68 Å². The molecule has 2 fully saturated rings. The van der Waals surface area contributed by atoms with Crippen LogP contribution in [0.2, 0.25) is 0 Å². The van der Waals surface area contributed by atoms with Gasteiger partial charge in [0.25, 0.3) is 11.8 Å².